The van der Waals surface area contributed by atoms with Gasteiger partial charge in [-0.1, -0.05) is 24.3 Å². The summed E-state index contributed by atoms with van der Waals surface area (Å²) in [5, 5.41) is 10.0. The molecule has 5 heterocycles. The fourth-order valence-corrected chi connectivity index (χ4v) is 6.38. The van der Waals surface area contributed by atoms with Crippen molar-refractivity contribution < 1.29 is 19.3 Å². The zero-order valence-corrected chi connectivity index (χ0v) is 19.8. The highest BCUT2D eigenvalue weighted by Crippen LogP contribution is 2.47. The second kappa shape index (κ2) is 7.11. The third kappa shape index (κ3) is 3.04. The Bertz CT molecular complexity index is 1260. The van der Waals surface area contributed by atoms with E-state index in [1.165, 1.54) is 11.1 Å². The molecule has 2 aromatic heterocycles. The summed E-state index contributed by atoms with van der Waals surface area (Å²) in [6.45, 7) is 5.36. The van der Waals surface area contributed by atoms with Crippen LogP contribution in [0.25, 0.3) is 11.2 Å². The fraction of sp³-hybridized carbons (Fsp3) is 0.542. The zero-order chi connectivity index (χ0) is 23.2. The first kappa shape index (κ1) is 21.0. The third-order valence-electron chi connectivity index (χ3n) is 7.56. The van der Waals surface area contributed by atoms with E-state index >= 15 is 0 Å². The highest BCUT2D eigenvalue weighted by atomic mass is 35.5. The van der Waals surface area contributed by atoms with Crippen molar-refractivity contribution in [3.8, 4) is 0 Å². The molecule has 3 aliphatic heterocycles. The molecule has 0 bridgehead atoms. The van der Waals surface area contributed by atoms with Crippen molar-refractivity contribution in [3.05, 3.63) is 47.0 Å². The van der Waals surface area contributed by atoms with Crippen LogP contribution in [0.15, 0.2) is 30.6 Å². The molecule has 34 heavy (non-hydrogen) atoms. The van der Waals surface area contributed by atoms with Crippen molar-refractivity contribution >= 4 is 28.6 Å². The number of benzene rings is 1. The topological polar surface area (TPSA) is 94.8 Å². The van der Waals surface area contributed by atoms with Gasteiger partial charge in [0.2, 0.25) is 5.28 Å². The van der Waals surface area contributed by atoms with E-state index in [9.17, 15) is 5.11 Å². The number of aliphatic hydroxyl groups excluding tert-OH is 1. The third-order valence-corrected chi connectivity index (χ3v) is 7.73. The summed E-state index contributed by atoms with van der Waals surface area (Å²) in [4.78, 5) is 16.0. The summed E-state index contributed by atoms with van der Waals surface area (Å²) < 4.78 is 20.1. The van der Waals surface area contributed by atoms with E-state index in [1.807, 2.05) is 18.4 Å². The van der Waals surface area contributed by atoms with Gasteiger partial charge < -0.3 is 24.2 Å². The van der Waals surface area contributed by atoms with Crippen LogP contribution >= 0.6 is 11.6 Å². The Kier molecular flexibility index (Phi) is 4.40. The molecule has 1 aromatic carbocycles. The second-order valence-electron chi connectivity index (χ2n) is 10.4. The van der Waals surface area contributed by atoms with Gasteiger partial charge in [0.25, 0.3) is 0 Å². The molecule has 4 aliphatic rings. The van der Waals surface area contributed by atoms with Crippen LogP contribution in [0.1, 0.15) is 31.2 Å². The summed E-state index contributed by atoms with van der Waals surface area (Å²) in [6, 6.07) is 8.70. The van der Waals surface area contributed by atoms with Gasteiger partial charge >= 0.3 is 0 Å². The van der Waals surface area contributed by atoms with Crippen molar-refractivity contribution in [2.24, 2.45) is 5.41 Å². The van der Waals surface area contributed by atoms with Crippen molar-refractivity contribution in [2.45, 2.75) is 57.0 Å². The number of ether oxygens (including phenoxy) is 3. The van der Waals surface area contributed by atoms with Crippen LogP contribution in [0.4, 0.5) is 5.82 Å². The van der Waals surface area contributed by atoms with E-state index in [-0.39, 0.29) is 23.4 Å². The Balaban J connectivity index is 1.20. The molecule has 3 saturated heterocycles. The van der Waals surface area contributed by atoms with Crippen molar-refractivity contribution in [3.63, 3.8) is 0 Å². The van der Waals surface area contributed by atoms with Gasteiger partial charge in [-0.2, -0.15) is 9.97 Å². The van der Waals surface area contributed by atoms with Crippen LogP contribution in [0, 0.1) is 5.41 Å². The van der Waals surface area contributed by atoms with Gasteiger partial charge in [0.05, 0.1) is 12.9 Å². The molecule has 0 amide bonds. The lowest BCUT2D eigenvalue weighted by Crippen LogP contribution is -2.57. The largest absolute Gasteiger partial charge is 0.394 e. The average molecular weight is 484 g/mol. The molecule has 3 aromatic rings. The molecular formula is C24H26ClN5O4. The molecule has 4 atom stereocenters. The number of halogens is 1. The Morgan fingerprint density at radius 3 is 2.50 bits per heavy atom. The number of rotatable bonds is 3. The number of anilines is 1. The maximum absolute atomic E-state index is 9.84. The summed E-state index contributed by atoms with van der Waals surface area (Å²) >= 11 is 6.39. The SMILES string of the molecule is CC1(C)O[C@@H]2[C@H](O1)[C@@H](CO)O[C@H]2n1cnc2c(N3CC4(Cc5ccccc5C4)C3)nc(Cl)nc21. The minimum Gasteiger partial charge on any atom is -0.394 e. The van der Waals surface area contributed by atoms with Crippen molar-refractivity contribution in [2.75, 3.05) is 24.6 Å². The molecular weight excluding hydrogens is 458 g/mol. The number of aliphatic hydroxyl groups is 1. The fourth-order valence-electron chi connectivity index (χ4n) is 6.22. The highest BCUT2D eigenvalue weighted by Gasteiger charge is 2.56. The average Bonchev–Trinajstić information content (AvgIpc) is 3.51. The summed E-state index contributed by atoms with van der Waals surface area (Å²) in [5.74, 6) is -0.0171. The number of nitrogens with zero attached hydrogens (tertiary/aromatic N) is 5. The van der Waals surface area contributed by atoms with Gasteiger partial charge in [-0.25, -0.2) is 4.98 Å². The van der Waals surface area contributed by atoms with Gasteiger partial charge in [0, 0.05) is 18.5 Å². The molecule has 0 radical (unpaired) electrons. The van der Waals surface area contributed by atoms with E-state index in [0.29, 0.717) is 11.2 Å². The van der Waals surface area contributed by atoms with Crippen LogP contribution in [0.3, 0.4) is 0 Å². The maximum Gasteiger partial charge on any atom is 0.226 e. The number of hydrogen-bond acceptors (Lipinski definition) is 8. The van der Waals surface area contributed by atoms with Crippen LogP contribution in [0.2, 0.25) is 5.28 Å². The number of aromatic nitrogens is 4. The van der Waals surface area contributed by atoms with Gasteiger partial charge in [0.15, 0.2) is 29.0 Å². The first-order chi connectivity index (χ1) is 16.3. The molecule has 7 rings (SSSR count). The molecule has 10 heteroatoms. The summed E-state index contributed by atoms with van der Waals surface area (Å²) in [7, 11) is 0. The molecule has 178 valence electrons. The summed E-state index contributed by atoms with van der Waals surface area (Å²) in [5.41, 5.74) is 4.41. The first-order valence-electron chi connectivity index (χ1n) is 11.7. The van der Waals surface area contributed by atoms with Crippen LogP contribution in [0.5, 0.6) is 0 Å². The molecule has 1 aliphatic carbocycles. The van der Waals surface area contributed by atoms with Gasteiger partial charge in [-0.05, 0) is 49.4 Å². The van der Waals surface area contributed by atoms with Crippen molar-refractivity contribution in [1.29, 1.82) is 0 Å². The number of hydrogen-bond donors (Lipinski definition) is 1. The van der Waals surface area contributed by atoms with Crippen LogP contribution < -0.4 is 4.90 Å². The van der Waals surface area contributed by atoms with Gasteiger partial charge in [-0.3, -0.25) is 4.57 Å². The van der Waals surface area contributed by atoms with Crippen molar-refractivity contribution in [1.82, 2.24) is 19.5 Å². The van der Waals surface area contributed by atoms with E-state index in [2.05, 4.69) is 44.1 Å². The minimum absolute atomic E-state index is 0.164. The molecule has 9 nitrogen and oxygen atoms in total. The van der Waals surface area contributed by atoms with E-state index in [1.54, 1.807) is 6.33 Å². The minimum atomic E-state index is -0.760. The molecule has 0 saturated carbocycles. The highest BCUT2D eigenvalue weighted by molar-refractivity contribution is 6.28. The first-order valence-corrected chi connectivity index (χ1v) is 12.1. The van der Waals surface area contributed by atoms with Crippen LogP contribution in [-0.2, 0) is 27.1 Å². The molecule has 1 N–H and O–H groups in total. The smallest absolute Gasteiger partial charge is 0.226 e. The number of fused-ring (bicyclic) bond motifs is 3. The lowest BCUT2D eigenvalue weighted by atomic mass is 9.77. The lowest BCUT2D eigenvalue weighted by Gasteiger charge is -2.49. The standard InChI is InChI=1S/C24H26ClN5O4/c1-23(2)33-17-15(9-31)32-21(18(17)34-23)30-12-26-16-19(27-22(25)28-20(16)30)29-10-24(11-29)7-13-5-3-4-6-14(13)8-24/h3-6,12,15,17-18,21,31H,7-11H2,1-2H3/t15-,17-,18-,21-/m1/s1. The summed E-state index contributed by atoms with van der Waals surface area (Å²) in [6.07, 6.45) is 2.06. The Labute approximate surface area is 201 Å². The predicted octanol–water partition coefficient (Wildman–Crippen LogP) is 2.49. The lowest BCUT2D eigenvalue weighted by molar-refractivity contribution is -0.199. The van der Waals surface area contributed by atoms with E-state index in [0.717, 1.165) is 31.7 Å². The second-order valence-corrected chi connectivity index (χ2v) is 10.8. The number of imidazole rings is 1. The monoisotopic (exact) mass is 483 g/mol. The quantitative estimate of drug-likeness (QED) is 0.568. The molecule has 0 unspecified atom stereocenters. The zero-order valence-electron chi connectivity index (χ0n) is 19.0. The Morgan fingerprint density at radius 1 is 1.09 bits per heavy atom. The predicted molar refractivity (Wildman–Crippen MR) is 124 cm³/mol. The van der Waals surface area contributed by atoms with E-state index in [4.69, 9.17) is 25.8 Å². The Hall–Kier alpha value is -2.30. The van der Waals surface area contributed by atoms with E-state index < -0.39 is 24.2 Å². The van der Waals surface area contributed by atoms with Gasteiger partial charge in [0.1, 0.15) is 18.3 Å². The maximum atomic E-state index is 9.84. The molecule has 1 spiro atoms. The Morgan fingerprint density at radius 2 is 1.79 bits per heavy atom. The molecule has 3 fully saturated rings. The normalized spacial score (nSPS) is 30.6. The van der Waals surface area contributed by atoms with Crippen LogP contribution in [-0.4, -0.2) is 68.4 Å². The van der Waals surface area contributed by atoms with Gasteiger partial charge in [-0.15, -0.1) is 0 Å².